The molecule has 0 aliphatic heterocycles. The highest BCUT2D eigenvalue weighted by atomic mass is 31.2. The summed E-state index contributed by atoms with van der Waals surface area (Å²) in [6.07, 6.45) is 11.3. The maximum atomic E-state index is 11.6. The molecule has 156 valence electrons. The molecule has 0 aliphatic rings. The third kappa shape index (κ3) is 19.9. The topological polar surface area (TPSA) is 116 Å². The molecule has 0 spiro atoms. The Hall–Kier alpha value is -0.460. The van der Waals surface area contributed by atoms with Crippen molar-refractivity contribution >= 4 is 13.7 Å². The van der Waals surface area contributed by atoms with Gasteiger partial charge in [-0.3, -0.25) is 9.32 Å². The first-order chi connectivity index (χ1) is 12.2. The summed E-state index contributed by atoms with van der Waals surface area (Å²) >= 11 is 0. The number of phosphoric acid groups is 1. The lowest BCUT2D eigenvalue weighted by Gasteiger charge is -2.12. The molecule has 1 atom stereocenters. The van der Waals surface area contributed by atoms with Crippen molar-refractivity contribution in [2.45, 2.75) is 90.6 Å². The standard InChI is InChI=1S/C18H38NO6P/c1-16(2)12-10-8-6-4-3-5-7-9-11-13-18(21)19-14-17(20)15-25-26(22,23)24/h16-17,20H,3-15H2,1-2H3,(H,19,21)(H2,22,23,24). The molecule has 0 heterocycles. The molecule has 1 unspecified atom stereocenters. The molecule has 0 aromatic rings. The molecule has 0 radical (unpaired) electrons. The first-order valence-corrected chi connectivity index (χ1v) is 11.4. The number of carbonyl (C=O) groups excluding carboxylic acids is 1. The Morgan fingerprint density at radius 3 is 1.96 bits per heavy atom. The van der Waals surface area contributed by atoms with Gasteiger partial charge in [-0.1, -0.05) is 71.6 Å². The van der Waals surface area contributed by atoms with E-state index in [1.54, 1.807) is 0 Å². The third-order valence-corrected chi connectivity index (χ3v) is 4.64. The second-order valence-corrected chi connectivity index (χ2v) is 8.60. The molecule has 0 saturated carbocycles. The Bertz CT molecular complexity index is 399. The average Bonchev–Trinajstić information content (AvgIpc) is 2.55. The summed E-state index contributed by atoms with van der Waals surface area (Å²) in [7, 11) is -4.58. The fourth-order valence-electron chi connectivity index (χ4n) is 2.64. The number of unbranched alkanes of at least 4 members (excludes halogenated alkanes) is 8. The van der Waals surface area contributed by atoms with Crippen LogP contribution in [0.3, 0.4) is 0 Å². The number of aliphatic hydroxyl groups is 1. The maximum Gasteiger partial charge on any atom is 0.469 e. The molecular weight excluding hydrogens is 357 g/mol. The van der Waals surface area contributed by atoms with Gasteiger partial charge < -0.3 is 20.2 Å². The van der Waals surface area contributed by atoms with Gasteiger partial charge >= 0.3 is 7.82 Å². The second kappa shape index (κ2) is 15.6. The van der Waals surface area contributed by atoms with Crippen LogP contribution in [0.25, 0.3) is 0 Å². The number of amides is 1. The van der Waals surface area contributed by atoms with Gasteiger partial charge in [0, 0.05) is 13.0 Å². The van der Waals surface area contributed by atoms with E-state index in [1.165, 1.54) is 44.9 Å². The van der Waals surface area contributed by atoms with E-state index in [4.69, 9.17) is 9.79 Å². The lowest BCUT2D eigenvalue weighted by Crippen LogP contribution is -2.34. The molecule has 0 rings (SSSR count). The van der Waals surface area contributed by atoms with Crippen molar-refractivity contribution in [3.63, 3.8) is 0 Å². The van der Waals surface area contributed by atoms with E-state index < -0.39 is 20.5 Å². The van der Waals surface area contributed by atoms with Crippen LogP contribution in [0.4, 0.5) is 0 Å². The largest absolute Gasteiger partial charge is 0.469 e. The fraction of sp³-hybridized carbons (Fsp3) is 0.944. The van der Waals surface area contributed by atoms with E-state index in [2.05, 4.69) is 23.7 Å². The summed E-state index contributed by atoms with van der Waals surface area (Å²) < 4.78 is 14.7. The highest BCUT2D eigenvalue weighted by Gasteiger charge is 2.17. The minimum Gasteiger partial charge on any atom is -0.389 e. The van der Waals surface area contributed by atoms with E-state index in [-0.39, 0.29) is 12.5 Å². The quantitative estimate of drug-likeness (QED) is 0.221. The molecule has 8 heteroatoms. The average molecular weight is 395 g/mol. The van der Waals surface area contributed by atoms with Crippen molar-refractivity contribution in [3.8, 4) is 0 Å². The van der Waals surface area contributed by atoms with Crippen LogP contribution in [-0.2, 0) is 13.9 Å². The predicted octanol–water partition coefficient (Wildman–Crippen LogP) is 3.52. The van der Waals surface area contributed by atoms with Crippen molar-refractivity contribution in [2.75, 3.05) is 13.2 Å². The number of carbonyl (C=O) groups is 1. The van der Waals surface area contributed by atoms with Crippen LogP contribution in [0.2, 0.25) is 0 Å². The first kappa shape index (κ1) is 25.5. The number of aliphatic hydroxyl groups excluding tert-OH is 1. The van der Waals surface area contributed by atoms with E-state index in [1.807, 2.05) is 0 Å². The summed E-state index contributed by atoms with van der Waals surface area (Å²) in [5.74, 6) is 0.647. The Morgan fingerprint density at radius 2 is 1.46 bits per heavy atom. The molecule has 0 aliphatic carbocycles. The molecule has 1 amide bonds. The minimum absolute atomic E-state index is 0.0738. The number of phosphoric ester groups is 1. The lowest BCUT2D eigenvalue weighted by atomic mass is 10.0. The van der Waals surface area contributed by atoms with Crippen LogP contribution >= 0.6 is 7.82 Å². The van der Waals surface area contributed by atoms with Gasteiger partial charge in [-0.2, -0.15) is 0 Å². The molecule has 7 nitrogen and oxygen atoms in total. The Labute approximate surface area is 158 Å². The van der Waals surface area contributed by atoms with Crippen LogP contribution in [0.1, 0.15) is 84.5 Å². The number of hydrogen-bond acceptors (Lipinski definition) is 4. The molecule has 0 fully saturated rings. The highest BCUT2D eigenvalue weighted by Crippen LogP contribution is 2.35. The predicted molar refractivity (Wildman–Crippen MR) is 103 cm³/mol. The van der Waals surface area contributed by atoms with E-state index in [0.29, 0.717) is 6.42 Å². The zero-order chi connectivity index (χ0) is 19.8. The van der Waals surface area contributed by atoms with Crippen molar-refractivity contribution < 1.29 is 28.8 Å². The molecule has 0 aromatic heterocycles. The minimum atomic E-state index is -4.58. The molecule has 4 N–H and O–H groups in total. The Morgan fingerprint density at radius 1 is 0.962 bits per heavy atom. The van der Waals surface area contributed by atoms with Crippen molar-refractivity contribution in [3.05, 3.63) is 0 Å². The van der Waals surface area contributed by atoms with E-state index in [9.17, 15) is 14.5 Å². The number of nitrogens with one attached hydrogen (secondary N) is 1. The molecule has 0 saturated heterocycles. The number of rotatable bonds is 17. The first-order valence-electron chi connectivity index (χ1n) is 9.85. The summed E-state index contributed by atoms with van der Waals surface area (Å²) in [6, 6.07) is 0. The zero-order valence-corrected chi connectivity index (χ0v) is 17.3. The third-order valence-electron chi connectivity index (χ3n) is 4.16. The summed E-state index contributed by atoms with van der Waals surface area (Å²) in [5, 5.41) is 12.0. The zero-order valence-electron chi connectivity index (χ0n) is 16.4. The van der Waals surface area contributed by atoms with Gasteiger partial charge in [0.1, 0.15) is 0 Å². The molecule has 26 heavy (non-hydrogen) atoms. The van der Waals surface area contributed by atoms with Gasteiger partial charge in [-0.05, 0) is 12.3 Å². The Kier molecular flexibility index (Phi) is 15.3. The maximum absolute atomic E-state index is 11.6. The fourth-order valence-corrected chi connectivity index (χ4v) is 3.00. The van der Waals surface area contributed by atoms with Crippen LogP contribution in [0.5, 0.6) is 0 Å². The van der Waals surface area contributed by atoms with Gasteiger partial charge in [-0.25, -0.2) is 4.57 Å². The Balaban J connectivity index is 3.37. The van der Waals surface area contributed by atoms with Gasteiger partial charge in [0.15, 0.2) is 0 Å². The smallest absolute Gasteiger partial charge is 0.389 e. The van der Waals surface area contributed by atoms with Gasteiger partial charge in [-0.15, -0.1) is 0 Å². The van der Waals surface area contributed by atoms with Gasteiger partial charge in [0.2, 0.25) is 5.91 Å². The SMILES string of the molecule is CC(C)CCCCCCCCCCCC(=O)NCC(O)COP(=O)(O)O. The van der Waals surface area contributed by atoms with Gasteiger partial charge in [0.05, 0.1) is 12.7 Å². The summed E-state index contributed by atoms with van der Waals surface area (Å²) in [4.78, 5) is 28.6. The van der Waals surface area contributed by atoms with Crippen molar-refractivity contribution in [1.29, 1.82) is 0 Å². The second-order valence-electron chi connectivity index (χ2n) is 7.36. The molecule has 0 bridgehead atoms. The monoisotopic (exact) mass is 395 g/mol. The van der Waals surface area contributed by atoms with Crippen molar-refractivity contribution in [2.24, 2.45) is 5.92 Å². The molecular formula is C18H38NO6P. The van der Waals surface area contributed by atoms with Crippen molar-refractivity contribution in [1.82, 2.24) is 5.32 Å². The number of hydrogen-bond donors (Lipinski definition) is 4. The molecule has 0 aromatic carbocycles. The van der Waals surface area contributed by atoms with E-state index in [0.717, 1.165) is 25.2 Å². The van der Waals surface area contributed by atoms with Gasteiger partial charge in [0.25, 0.3) is 0 Å². The summed E-state index contributed by atoms with van der Waals surface area (Å²) in [5.41, 5.74) is 0. The van der Waals surface area contributed by atoms with E-state index >= 15 is 0 Å². The summed E-state index contributed by atoms with van der Waals surface area (Å²) in [6.45, 7) is 3.95. The highest BCUT2D eigenvalue weighted by molar-refractivity contribution is 7.46. The van der Waals surface area contributed by atoms with Crippen LogP contribution in [0.15, 0.2) is 0 Å². The van der Waals surface area contributed by atoms with Crippen LogP contribution in [-0.4, -0.2) is 40.1 Å². The normalized spacial score (nSPS) is 13.2. The lowest BCUT2D eigenvalue weighted by molar-refractivity contribution is -0.121. The van der Waals surface area contributed by atoms with Crippen LogP contribution in [0, 0.1) is 5.92 Å². The van der Waals surface area contributed by atoms with Crippen LogP contribution < -0.4 is 5.32 Å².